The number of rotatable bonds is 10. The molecule has 42 heavy (non-hydrogen) atoms. The normalized spacial score (nSPS) is 17.6. The average Bonchev–Trinajstić information content (AvgIpc) is 2.96. The van der Waals surface area contributed by atoms with Crippen molar-refractivity contribution in [2.24, 2.45) is 11.8 Å². The Bertz CT molecular complexity index is 1610. The summed E-state index contributed by atoms with van der Waals surface area (Å²) in [5.74, 6) is 1.27. The molecule has 13 heteroatoms. The number of alkyl halides is 3. The molecule has 222 valence electrons. The molecular formula is C29H29ClF3N5O3S. The minimum atomic E-state index is -4.84. The maximum absolute atomic E-state index is 12.6. The number of nitrogens with zero attached hydrogens (tertiary/aromatic N) is 2. The third-order valence-corrected chi connectivity index (χ3v) is 8.85. The SMILES string of the molecule is O=S(=O)(NC[C@H]1CC[C@H](CNc2nc(Nc3ccc(Cl)cc3)c3ccccc3n2)CC1)c1ccc(OC(F)(F)F)cc1. The summed E-state index contributed by atoms with van der Waals surface area (Å²) >= 11 is 6.02. The van der Waals surface area contributed by atoms with Crippen LogP contribution in [0.25, 0.3) is 10.9 Å². The first kappa shape index (κ1) is 29.9. The van der Waals surface area contributed by atoms with Crippen LogP contribution in [0.5, 0.6) is 5.75 Å². The second-order valence-electron chi connectivity index (χ2n) is 10.2. The fourth-order valence-electron chi connectivity index (χ4n) is 4.93. The first-order valence-corrected chi connectivity index (χ1v) is 15.3. The molecule has 0 spiro atoms. The van der Waals surface area contributed by atoms with Crippen molar-refractivity contribution < 1.29 is 26.3 Å². The van der Waals surface area contributed by atoms with Crippen molar-refractivity contribution in [2.75, 3.05) is 23.7 Å². The summed E-state index contributed by atoms with van der Waals surface area (Å²) in [4.78, 5) is 9.28. The number of nitrogens with one attached hydrogen (secondary N) is 3. The van der Waals surface area contributed by atoms with Gasteiger partial charge in [0.2, 0.25) is 16.0 Å². The van der Waals surface area contributed by atoms with E-state index in [9.17, 15) is 21.6 Å². The molecule has 1 aliphatic rings. The Hall–Kier alpha value is -3.61. The number of sulfonamides is 1. The lowest BCUT2D eigenvalue weighted by Gasteiger charge is -2.28. The molecule has 3 N–H and O–H groups in total. The van der Waals surface area contributed by atoms with Crippen LogP contribution in [0.2, 0.25) is 5.02 Å². The molecule has 0 amide bonds. The second-order valence-corrected chi connectivity index (χ2v) is 12.4. The van der Waals surface area contributed by atoms with Gasteiger partial charge in [-0.05, 0) is 98.2 Å². The number of aromatic nitrogens is 2. The van der Waals surface area contributed by atoms with Crippen LogP contribution in [0.4, 0.5) is 30.6 Å². The molecule has 1 saturated carbocycles. The predicted octanol–water partition coefficient (Wildman–Crippen LogP) is 7.12. The second kappa shape index (κ2) is 12.7. The van der Waals surface area contributed by atoms with Gasteiger partial charge in [-0.25, -0.2) is 18.1 Å². The summed E-state index contributed by atoms with van der Waals surface area (Å²) in [7, 11) is -3.85. The van der Waals surface area contributed by atoms with Crippen LogP contribution < -0.4 is 20.1 Å². The molecule has 1 aliphatic carbocycles. The van der Waals surface area contributed by atoms with Crippen molar-refractivity contribution >= 4 is 50.0 Å². The molecule has 1 heterocycles. The van der Waals surface area contributed by atoms with Crippen molar-refractivity contribution in [3.63, 3.8) is 0 Å². The van der Waals surface area contributed by atoms with E-state index >= 15 is 0 Å². The molecule has 0 atom stereocenters. The van der Waals surface area contributed by atoms with Crippen molar-refractivity contribution in [2.45, 2.75) is 36.9 Å². The van der Waals surface area contributed by atoms with Gasteiger partial charge in [0.1, 0.15) is 11.6 Å². The topological polar surface area (TPSA) is 105 Å². The van der Waals surface area contributed by atoms with Gasteiger partial charge in [0, 0.05) is 29.2 Å². The summed E-state index contributed by atoms with van der Waals surface area (Å²) < 4.78 is 68.7. The van der Waals surface area contributed by atoms with E-state index in [2.05, 4.69) is 25.1 Å². The van der Waals surface area contributed by atoms with E-state index in [1.54, 1.807) is 0 Å². The molecule has 0 aliphatic heterocycles. The summed E-state index contributed by atoms with van der Waals surface area (Å²) in [6.45, 7) is 0.945. The molecule has 8 nitrogen and oxygen atoms in total. The van der Waals surface area contributed by atoms with Crippen molar-refractivity contribution in [1.82, 2.24) is 14.7 Å². The lowest BCUT2D eigenvalue weighted by Crippen LogP contribution is -2.32. The molecule has 5 rings (SSSR count). The number of benzene rings is 3. The highest BCUT2D eigenvalue weighted by Gasteiger charge is 2.31. The summed E-state index contributed by atoms with van der Waals surface area (Å²) in [6, 6.07) is 19.3. The van der Waals surface area contributed by atoms with Gasteiger partial charge in [0.15, 0.2) is 0 Å². The van der Waals surface area contributed by atoms with Crippen molar-refractivity contribution in [3.05, 3.63) is 77.8 Å². The van der Waals surface area contributed by atoms with E-state index in [0.717, 1.165) is 66.5 Å². The maximum Gasteiger partial charge on any atom is 0.573 e. The Morgan fingerprint density at radius 1 is 0.857 bits per heavy atom. The number of para-hydroxylation sites is 1. The molecule has 0 bridgehead atoms. The van der Waals surface area contributed by atoms with Gasteiger partial charge in [0.25, 0.3) is 0 Å². The van der Waals surface area contributed by atoms with Gasteiger partial charge < -0.3 is 15.4 Å². The van der Waals surface area contributed by atoms with Gasteiger partial charge in [-0.3, -0.25) is 0 Å². The zero-order chi connectivity index (χ0) is 29.7. The van der Waals surface area contributed by atoms with E-state index in [-0.39, 0.29) is 17.4 Å². The van der Waals surface area contributed by atoms with Crippen LogP contribution in [0.15, 0.2) is 77.7 Å². The van der Waals surface area contributed by atoms with Crippen LogP contribution >= 0.6 is 11.6 Å². The number of anilines is 3. The van der Waals surface area contributed by atoms with Crippen molar-refractivity contribution in [3.8, 4) is 5.75 Å². The van der Waals surface area contributed by atoms with E-state index < -0.39 is 22.1 Å². The first-order valence-electron chi connectivity index (χ1n) is 13.4. The largest absolute Gasteiger partial charge is 0.573 e. The zero-order valence-electron chi connectivity index (χ0n) is 22.4. The van der Waals surface area contributed by atoms with Crippen LogP contribution in [0.1, 0.15) is 25.7 Å². The lowest BCUT2D eigenvalue weighted by atomic mass is 9.82. The minimum absolute atomic E-state index is 0.116. The predicted molar refractivity (Wildman–Crippen MR) is 157 cm³/mol. The number of fused-ring (bicyclic) bond motifs is 1. The number of ether oxygens (including phenoxy) is 1. The van der Waals surface area contributed by atoms with Gasteiger partial charge >= 0.3 is 6.36 Å². The molecule has 3 aromatic carbocycles. The van der Waals surface area contributed by atoms with Crippen LogP contribution in [0, 0.1) is 11.8 Å². The van der Waals surface area contributed by atoms with E-state index in [0.29, 0.717) is 29.3 Å². The highest BCUT2D eigenvalue weighted by molar-refractivity contribution is 7.89. The Morgan fingerprint density at radius 3 is 2.17 bits per heavy atom. The molecule has 1 aromatic heterocycles. The Kier molecular flexibility index (Phi) is 9.05. The molecular weight excluding hydrogens is 591 g/mol. The lowest BCUT2D eigenvalue weighted by molar-refractivity contribution is -0.274. The molecule has 4 aromatic rings. The van der Waals surface area contributed by atoms with Gasteiger partial charge in [-0.2, -0.15) is 4.98 Å². The van der Waals surface area contributed by atoms with Gasteiger partial charge in [0.05, 0.1) is 10.4 Å². The Morgan fingerprint density at radius 2 is 1.50 bits per heavy atom. The Balaban J connectivity index is 1.13. The third-order valence-electron chi connectivity index (χ3n) is 7.16. The smallest absolute Gasteiger partial charge is 0.406 e. The Labute approximate surface area is 246 Å². The summed E-state index contributed by atoms with van der Waals surface area (Å²) in [5.41, 5.74) is 1.67. The first-order chi connectivity index (χ1) is 20.0. The molecule has 0 unspecified atom stereocenters. The van der Waals surface area contributed by atoms with E-state index in [1.165, 1.54) is 0 Å². The molecule has 0 saturated heterocycles. The van der Waals surface area contributed by atoms with Crippen LogP contribution in [0.3, 0.4) is 0 Å². The summed E-state index contributed by atoms with van der Waals surface area (Å²) in [5, 5.41) is 8.27. The van der Waals surface area contributed by atoms with E-state index in [4.69, 9.17) is 16.6 Å². The molecule has 1 fully saturated rings. The van der Waals surface area contributed by atoms with Crippen LogP contribution in [-0.2, 0) is 10.0 Å². The monoisotopic (exact) mass is 619 g/mol. The minimum Gasteiger partial charge on any atom is -0.406 e. The number of hydrogen-bond acceptors (Lipinski definition) is 7. The molecule has 0 radical (unpaired) electrons. The van der Waals surface area contributed by atoms with Crippen molar-refractivity contribution in [1.29, 1.82) is 0 Å². The number of halogens is 4. The fourth-order valence-corrected chi connectivity index (χ4v) is 6.17. The van der Waals surface area contributed by atoms with Gasteiger partial charge in [-0.1, -0.05) is 23.7 Å². The quantitative estimate of drug-likeness (QED) is 0.174. The highest BCUT2D eigenvalue weighted by atomic mass is 35.5. The summed E-state index contributed by atoms with van der Waals surface area (Å²) in [6.07, 6.45) is -1.34. The zero-order valence-corrected chi connectivity index (χ0v) is 23.9. The average molecular weight is 620 g/mol. The van der Waals surface area contributed by atoms with Crippen LogP contribution in [-0.4, -0.2) is 37.8 Å². The standard InChI is InChI=1S/C29H29ClF3N5O3S/c30-21-9-11-22(12-10-21)36-27-25-3-1-2-4-26(25)37-28(38-27)34-17-19-5-7-20(8-6-19)18-35-42(39,40)24-15-13-23(14-16-24)41-29(31,32)33/h1-4,9-16,19-20,35H,5-8,17-18H2,(H2,34,36,37,38)/t19-,20-. The van der Waals surface area contributed by atoms with E-state index in [1.807, 2.05) is 48.5 Å². The maximum atomic E-state index is 12.6. The number of hydrogen-bond donors (Lipinski definition) is 3. The highest BCUT2D eigenvalue weighted by Crippen LogP contribution is 2.30. The third kappa shape index (κ3) is 8.02. The fraction of sp³-hybridized carbons (Fsp3) is 0.310. The van der Waals surface area contributed by atoms with Gasteiger partial charge in [-0.15, -0.1) is 13.2 Å².